The van der Waals surface area contributed by atoms with E-state index in [0.29, 0.717) is 30.4 Å². The van der Waals surface area contributed by atoms with Gasteiger partial charge in [0.1, 0.15) is 12.4 Å². The highest BCUT2D eigenvalue weighted by Crippen LogP contribution is 2.41. The van der Waals surface area contributed by atoms with Crippen molar-refractivity contribution in [3.8, 4) is 5.75 Å². The molecule has 7 nitrogen and oxygen atoms in total. The molecular weight excluding hydrogens is 512 g/mol. The van der Waals surface area contributed by atoms with Gasteiger partial charge in [0.2, 0.25) is 0 Å². The summed E-state index contributed by atoms with van der Waals surface area (Å²) in [6.07, 6.45) is 2.76. The zero-order chi connectivity index (χ0) is 27.4. The molecule has 0 spiro atoms. The van der Waals surface area contributed by atoms with Crippen LogP contribution >= 0.6 is 0 Å². The van der Waals surface area contributed by atoms with Gasteiger partial charge in [-0.2, -0.15) is 0 Å². The number of hydrogen-bond acceptors (Lipinski definition) is 5. The first-order chi connectivity index (χ1) is 18.8. The SMILES string of the molecule is C[C@H](Cc1cccc(OCc2ccccc2)c1)N(c1ccc(C2CC2)cc1)S(=O)(=O)c1ccc([N+](=O)[O-])cc1. The molecule has 8 heteroatoms. The Kier molecular flexibility index (Phi) is 7.65. The second kappa shape index (κ2) is 11.3. The number of nitro groups is 1. The van der Waals surface area contributed by atoms with Gasteiger partial charge in [0.15, 0.2) is 0 Å². The maximum atomic E-state index is 13.9. The van der Waals surface area contributed by atoms with Crippen LogP contribution in [0, 0.1) is 10.1 Å². The molecular formula is C31H30N2O5S. The van der Waals surface area contributed by atoms with Gasteiger partial charge >= 0.3 is 0 Å². The van der Waals surface area contributed by atoms with Gasteiger partial charge in [-0.05, 0) is 85.2 Å². The molecule has 200 valence electrons. The lowest BCUT2D eigenvalue weighted by molar-refractivity contribution is -0.384. The molecule has 0 heterocycles. The Morgan fingerprint density at radius 3 is 2.21 bits per heavy atom. The Morgan fingerprint density at radius 2 is 1.56 bits per heavy atom. The molecule has 1 atom stereocenters. The summed E-state index contributed by atoms with van der Waals surface area (Å²) in [7, 11) is -4.01. The van der Waals surface area contributed by atoms with E-state index in [4.69, 9.17) is 4.74 Å². The molecule has 0 saturated heterocycles. The van der Waals surface area contributed by atoms with E-state index >= 15 is 0 Å². The van der Waals surface area contributed by atoms with Gasteiger partial charge in [0.05, 0.1) is 15.5 Å². The Morgan fingerprint density at radius 1 is 0.897 bits per heavy atom. The molecule has 0 aromatic heterocycles. The van der Waals surface area contributed by atoms with Gasteiger partial charge in [-0.15, -0.1) is 0 Å². The molecule has 39 heavy (non-hydrogen) atoms. The predicted molar refractivity (Wildman–Crippen MR) is 152 cm³/mol. The van der Waals surface area contributed by atoms with Gasteiger partial charge in [0.25, 0.3) is 15.7 Å². The highest BCUT2D eigenvalue weighted by Gasteiger charge is 2.31. The normalized spacial score (nSPS) is 14.0. The summed E-state index contributed by atoms with van der Waals surface area (Å²) in [6, 6.07) is 29.9. The first-order valence-electron chi connectivity index (χ1n) is 13.0. The molecule has 1 aliphatic carbocycles. The summed E-state index contributed by atoms with van der Waals surface area (Å²) in [5.74, 6) is 1.26. The molecule has 5 rings (SSSR count). The third-order valence-corrected chi connectivity index (χ3v) is 8.84. The average Bonchev–Trinajstić information content (AvgIpc) is 3.79. The van der Waals surface area contributed by atoms with E-state index in [9.17, 15) is 18.5 Å². The minimum atomic E-state index is -4.01. The fraction of sp³-hybridized carbons (Fsp3) is 0.226. The molecule has 1 aliphatic rings. The fourth-order valence-corrected chi connectivity index (χ4v) is 6.38. The molecule has 4 aromatic rings. The van der Waals surface area contributed by atoms with Crippen LogP contribution in [0.2, 0.25) is 0 Å². The maximum Gasteiger partial charge on any atom is 0.269 e. The molecule has 4 aromatic carbocycles. The lowest BCUT2D eigenvalue weighted by Gasteiger charge is -2.31. The summed E-state index contributed by atoms with van der Waals surface area (Å²) in [5.41, 5.74) is 3.61. The molecule has 0 bridgehead atoms. The highest BCUT2D eigenvalue weighted by molar-refractivity contribution is 7.92. The summed E-state index contributed by atoms with van der Waals surface area (Å²) in [6.45, 7) is 2.31. The van der Waals surface area contributed by atoms with Crippen molar-refractivity contribution < 1.29 is 18.1 Å². The van der Waals surface area contributed by atoms with Gasteiger partial charge in [-0.1, -0.05) is 54.6 Å². The van der Waals surface area contributed by atoms with Crippen molar-refractivity contribution in [3.05, 3.63) is 130 Å². The predicted octanol–water partition coefficient (Wildman–Crippen LogP) is 6.88. The number of nitrogens with zero attached hydrogens (tertiary/aromatic N) is 2. The van der Waals surface area contributed by atoms with Gasteiger partial charge in [0, 0.05) is 18.2 Å². The molecule has 0 N–H and O–H groups in total. The van der Waals surface area contributed by atoms with Crippen molar-refractivity contribution in [2.24, 2.45) is 0 Å². The lowest BCUT2D eigenvalue weighted by Crippen LogP contribution is -2.40. The zero-order valence-corrected chi connectivity index (χ0v) is 22.5. The number of rotatable bonds is 11. The molecule has 1 saturated carbocycles. The quantitative estimate of drug-likeness (QED) is 0.152. The van der Waals surface area contributed by atoms with Crippen LogP contribution in [0.1, 0.15) is 42.4 Å². The minimum Gasteiger partial charge on any atom is -0.489 e. The Labute approximate surface area is 228 Å². The van der Waals surface area contributed by atoms with Crippen molar-refractivity contribution in [1.29, 1.82) is 0 Å². The third-order valence-electron chi connectivity index (χ3n) is 6.88. The van der Waals surface area contributed by atoms with Crippen LogP contribution in [0.25, 0.3) is 0 Å². The van der Waals surface area contributed by atoms with E-state index in [1.54, 1.807) is 0 Å². The number of nitro benzene ring substituents is 1. The number of sulfonamides is 1. The van der Waals surface area contributed by atoms with E-state index in [2.05, 4.69) is 0 Å². The van der Waals surface area contributed by atoms with Gasteiger partial charge in [-0.25, -0.2) is 8.42 Å². The van der Waals surface area contributed by atoms with Crippen molar-refractivity contribution in [2.75, 3.05) is 4.31 Å². The molecule has 1 fully saturated rings. The van der Waals surface area contributed by atoms with E-state index in [1.165, 1.54) is 34.1 Å². The van der Waals surface area contributed by atoms with Crippen molar-refractivity contribution in [1.82, 2.24) is 0 Å². The standard InChI is InChI=1S/C31H30N2O5S/c1-23(20-25-8-5-9-30(21-25)38-22-24-6-3-2-4-7-24)32(28-14-12-27(13-15-28)26-10-11-26)39(36,37)31-18-16-29(17-19-31)33(34)35/h2-9,12-19,21,23,26H,10-11,20,22H2,1H3/t23-/m1/s1. The van der Waals surface area contributed by atoms with Crippen LogP contribution in [-0.4, -0.2) is 19.4 Å². The molecule has 0 radical (unpaired) electrons. The summed E-state index contributed by atoms with van der Waals surface area (Å²) < 4.78 is 35.3. The van der Waals surface area contributed by atoms with Crippen LogP contribution in [0.4, 0.5) is 11.4 Å². The van der Waals surface area contributed by atoms with Crippen LogP contribution in [0.5, 0.6) is 5.75 Å². The Bertz CT molecular complexity index is 1530. The van der Waals surface area contributed by atoms with E-state index < -0.39 is 21.0 Å². The van der Waals surface area contributed by atoms with Crippen LogP contribution in [0.15, 0.2) is 108 Å². The second-order valence-electron chi connectivity index (χ2n) is 9.89. The largest absolute Gasteiger partial charge is 0.489 e. The zero-order valence-electron chi connectivity index (χ0n) is 21.6. The summed E-state index contributed by atoms with van der Waals surface area (Å²) in [4.78, 5) is 10.6. The van der Waals surface area contributed by atoms with Crippen molar-refractivity contribution in [2.45, 2.75) is 49.6 Å². The van der Waals surface area contributed by atoms with Crippen molar-refractivity contribution >= 4 is 21.4 Å². The number of non-ortho nitro benzene ring substituents is 1. The third kappa shape index (κ3) is 6.29. The van der Waals surface area contributed by atoms with Crippen LogP contribution in [0.3, 0.4) is 0 Å². The summed E-state index contributed by atoms with van der Waals surface area (Å²) >= 11 is 0. The first kappa shape index (κ1) is 26.4. The van der Waals surface area contributed by atoms with Crippen LogP contribution < -0.4 is 9.04 Å². The van der Waals surface area contributed by atoms with E-state index in [1.807, 2.05) is 85.8 Å². The smallest absolute Gasteiger partial charge is 0.269 e. The molecule has 0 aliphatic heterocycles. The fourth-order valence-electron chi connectivity index (χ4n) is 4.72. The number of hydrogen-bond donors (Lipinski definition) is 0. The van der Waals surface area contributed by atoms with E-state index in [-0.39, 0.29) is 10.6 Å². The number of benzene rings is 4. The number of ether oxygens (including phenoxy) is 1. The average molecular weight is 543 g/mol. The Balaban J connectivity index is 1.41. The minimum absolute atomic E-state index is 0.00571. The van der Waals surface area contributed by atoms with E-state index in [0.717, 1.165) is 24.0 Å². The monoisotopic (exact) mass is 542 g/mol. The summed E-state index contributed by atoms with van der Waals surface area (Å²) in [5, 5.41) is 11.1. The molecule has 0 amide bonds. The molecule has 0 unspecified atom stereocenters. The maximum absolute atomic E-state index is 13.9. The van der Waals surface area contributed by atoms with Crippen LogP contribution in [-0.2, 0) is 23.1 Å². The first-order valence-corrected chi connectivity index (χ1v) is 14.4. The van der Waals surface area contributed by atoms with Gasteiger partial charge < -0.3 is 4.74 Å². The topological polar surface area (TPSA) is 89.8 Å². The highest BCUT2D eigenvalue weighted by atomic mass is 32.2. The number of anilines is 1. The lowest BCUT2D eigenvalue weighted by atomic mass is 10.1. The van der Waals surface area contributed by atoms with Crippen molar-refractivity contribution in [3.63, 3.8) is 0 Å². The van der Waals surface area contributed by atoms with Gasteiger partial charge in [-0.3, -0.25) is 14.4 Å². The Hall–Kier alpha value is -4.17. The second-order valence-corrected chi connectivity index (χ2v) is 11.7.